The molecule has 0 spiro atoms. The van der Waals surface area contributed by atoms with Crippen LogP contribution in [0.25, 0.3) is 0 Å². The van der Waals surface area contributed by atoms with Gasteiger partial charge in [-0.1, -0.05) is 30.9 Å². The second-order valence-corrected chi connectivity index (χ2v) is 5.21. The van der Waals surface area contributed by atoms with Crippen molar-refractivity contribution < 1.29 is 9.47 Å². The van der Waals surface area contributed by atoms with Crippen molar-refractivity contribution in [3.8, 4) is 5.75 Å². The summed E-state index contributed by atoms with van der Waals surface area (Å²) in [4.78, 5) is 2.37. The lowest BCUT2D eigenvalue weighted by Gasteiger charge is -2.35. The van der Waals surface area contributed by atoms with Gasteiger partial charge in [0.1, 0.15) is 12.4 Å². The summed E-state index contributed by atoms with van der Waals surface area (Å²) in [7, 11) is 0. The van der Waals surface area contributed by atoms with Crippen LogP contribution >= 0.6 is 0 Å². The van der Waals surface area contributed by atoms with Crippen molar-refractivity contribution in [2.75, 3.05) is 26.3 Å². The molecule has 1 heterocycles. The van der Waals surface area contributed by atoms with E-state index in [1.807, 2.05) is 25.1 Å². The van der Waals surface area contributed by atoms with Gasteiger partial charge in [0.05, 0.1) is 12.7 Å². The van der Waals surface area contributed by atoms with Gasteiger partial charge in [0, 0.05) is 31.2 Å². The molecule has 1 saturated heterocycles. The van der Waals surface area contributed by atoms with Crippen molar-refractivity contribution in [3.63, 3.8) is 0 Å². The molecule has 0 saturated carbocycles. The van der Waals surface area contributed by atoms with E-state index >= 15 is 0 Å². The lowest BCUT2D eigenvalue weighted by atomic mass is 10.1. The Morgan fingerprint density at radius 3 is 3.10 bits per heavy atom. The van der Waals surface area contributed by atoms with E-state index in [1.54, 1.807) is 6.08 Å². The number of ether oxygens (including phenoxy) is 2. The summed E-state index contributed by atoms with van der Waals surface area (Å²) >= 11 is 0. The van der Waals surface area contributed by atoms with Crippen LogP contribution in [0.2, 0.25) is 0 Å². The highest BCUT2D eigenvalue weighted by Crippen LogP contribution is 2.21. The van der Waals surface area contributed by atoms with Crippen LogP contribution in [0.4, 0.5) is 0 Å². The quantitative estimate of drug-likeness (QED) is 0.805. The molecule has 20 heavy (non-hydrogen) atoms. The van der Waals surface area contributed by atoms with Gasteiger partial charge < -0.3 is 15.2 Å². The van der Waals surface area contributed by atoms with Crippen LogP contribution in [-0.4, -0.2) is 43.3 Å². The maximum absolute atomic E-state index is 5.93. The molecule has 1 aromatic carbocycles. The van der Waals surface area contributed by atoms with Crippen LogP contribution in [0.3, 0.4) is 0 Å². The molecule has 0 radical (unpaired) electrons. The second kappa shape index (κ2) is 7.43. The number of para-hydroxylation sites is 1. The molecule has 0 amide bonds. The molecular formula is C16H24N2O2. The van der Waals surface area contributed by atoms with E-state index in [0.29, 0.717) is 6.61 Å². The molecule has 0 aromatic heterocycles. The Morgan fingerprint density at radius 2 is 2.35 bits per heavy atom. The largest absolute Gasteiger partial charge is 0.489 e. The average Bonchev–Trinajstić information content (AvgIpc) is 2.46. The zero-order chi connectivity index (χ0) is 14.4. The summed E-state index contributed by atoms with van der Waals surface area (Å²) in [6, 6.07) is 8.20. The Bertz CT molecular complexity index is 434. The monoisotopic (exact) mass is 276 g/mol. The van der Waals surface area contributed by atoms with Gasteiger partial charge in [-0.3, -0.25) is 4.90 Å². The Labute approximate surface area is 121 Å². The van der Waals surface area contributed by atoms with E-state index in [9.17, 15) is 0 Å². The molecule has 1 fully saturated rings. The van der Waals surface area contributed by atoms with Crippen LogP contribution in [0.15, 0.2) is 36.9 Å². The van der Waals surface area contributed by atoms with Gasteiger partial charge in [0.25, 0.3) is 0 Å². The molecule has 4 nitrogen and oxygen atoms in total. The number of hydrogen-bond donors (Lipinski definition) is 1. The van der Waals surface area contributed by atoms with Crippen LogP contribution < -0.4 is 10.5 Å². The lowest BCUT2D eigenvalue weighted by Crippen LogP contribution is -2.49. The Hall–Kier alpha value is -1.36. The minimum absolute atomic E-state index is 0.0602. The first-order chi connectivity index (χ1) is 9.70. The molecule has 4 heteroatoms. The smallest absolute Gasteiger partial charge is 0.124 e. The highest BCUT2D eigenvalue weighted by atomic mass is 16.5. The van der Waals surface area contributed by atoms with Crippen molar-refractivity contribution in [2.45, 2.75) is 25.6 Å². The van der Waals surface area contributed by atoms with E-state index in [4.69, 9.17) is 15.2 Å². The van der Waals surface area contributed by atoms with Gasteiger partial charge in [0.2, 0.25) is 0 Å². The van der Waals surface area contributed by atoms with E-state index in [-0.39, 0.29) is 12.1 Å². The van der Waals surface area contributed by atoms with Gasteiger partial charge in [-0.05, 0) is 13.0 Å². The summed E-state index contributed by atoms with van der Waals surface area (Å²) in [6.07, 6.45) is 1.88. The predicted octanol–water partition coefficient (Wildman–Crippen LogP) is 1.80. The average molecular weight is 276 g/mol. The summed E-state index contributed by atoms with van der Waals surface area (Å²) in [5.74, 6) is 0.927. The molecule has 110 valence electrons. The van der Waals surface area contributed by atoms with Crippen molar-refractivity contribution in [1.82, 2.24) is 4.90 Å². The van der Waals surface area contributed by atoms with Gasteiger partial charge in [-0.25, -0.2) is 0 Å². The van der Waals surface area contributed by atoms with Crippen molar-refractivity contribution in [2.24, 2.45) is 5.73 Å². The Kier molecular flexibility index (Phi) is 5.59. The van der Waals surface area contributed by atoms with Crippen LogP contribution in [0.1, 0.15) is 12.5 Å². The minimum Gasteiger partial charge on any atom is -0.489 e. The van der Waals surface area contributed by atoms with Crippen LogP contribution in [-0.2, 0) is 11.3 Å². The number of rotatable bonds is 6. The standard InChI is InChI=1S/C16H24N2O2/c1-3-9-19-15-7-5-4-6-14(15)11-18-8-10-20-16(12-18)13(2)17/h3-7,13,16H,1,8-12,17H2,2H3/t13-,16-/m0/s1. The first-order valence-corrected chi connectivity index (χ1v) is 7.12. The van der Waals surface area contributed by atoms with Gasteiger partial charge >= 0.3 is 0 Å². The van der Waals surface area contributed by atoms with Crippen molar-refractivity contribution in [1.29, 1.82) is 0 Å². The van der Waals surface area contributed by atoms with Crippen LogP contribution in [0, 0.1) is 0 Å². The topological polar surface area (TPSA) is 47.7 Å². The molecule has 1 aliphatic rings. The Morgan fingerprint density at radius 1 is 1.55 bits per heavy atom. The molecule has 2 rings (SSSR count). The minimum atomic E-state index is 0.0602. The van der Waals surface area contributed by atoms with Crippen LogP contribution in [0.5, 0.6) is 5.75 Å². The number of nitrogens with two attached hydrogens (primary N) is 1. The summed E-state index contributed by atoms with van der Waals surface area (Å²) in [5.41, 5.74) is 7.13. The number of morpholine rings is 1. The summed E-state index contributed by atoms with van der Waals surface area (Å²) < 4.78 is 11.4. The normalized spacial score (nSPS) is 21.4. The number of hydrogen-bond acceptors (Lipinski definition) is 4. The third-order valence-electron chi connectivity index (χ3n) is 3.49. The van der Waals surface area contributed by atoms with Crippen molar-refractivity contribution in [3.05, 3.63) is 42.5 Å². The first-order valence-electron chi connectivity index (χ1n) is 7.12. The maximum atomic E-state index is 5.93. The Balaban J connectivity index is 2.00. The van der Waals surface area contributed by atoms with E-state index < -0.39 is 0 Å². The third-order valence-corrected chi connectivity index (χ3v) is 3.49. The zero-order valence-electron chi connectivity index (χ0n) is 12.1. The second-order valence-electron chi connectivity index (χ2n) is 5.21. The van der Waals surface area contributed by atoms with Crippen molar-refractivity contribution >= 4 is 0 Å². The van der Waals surface area contributed by atoms with E-state index in [1.165, 1.54) is 5.56 Å². The summed E-state index contributed by atoms with van der Waals surface area (Å²) in [6.45, 7) is 9.61. The molecule has 0 unspecified atom stereocenters. The molecule has 1 aromatic rings. The third kappa shape index (κ3) is 4.07. The predicted molar refractivity (Wildman–Crippen MR) is 80.8 cm³/mol. The number of nitrogens with zero attached hydrogens (tertiary/aromatic N) is 1. The fourth-order valence-electron chi connectivity index (χ4n) is 2.36. The molecule has 2 atom stereocenters. The fourth-order valence-corrected chi connectivity index (χ4v) is 2.36. The highest BCUT2D eigenvalue weighted by molar-refractivity contribution is 5.33. The fraction of sp³-hybridized carbons (Fsp3) is 0.500. The SMILES string of the molecule is C=CCOc1ccccc1CN1CCO[C@H]([C@H](C)N)C1. The van der Waals surface area contributed by atoms with Gasteiger partial charge in [-0.15, -0.1) is 0 Å². The molecule has 0 aliphatic carbocycles. The molecular weight excluding hydrogens is 252 g/mol. The van der Waals surface area contributed by atoms with E-state index in [0.717, 1.165) is 32.0 Å². The zero-order valence-corrected chi connectivity index (χ0v) is 12.1. The number of benzene rings is 1. The lowest BCUT2D eigenvalue weighted by molar-refractivity contribution is -0.0405. The maximum Gasteiger partial charge on any atom is 0.124 e. The van der Waals surface area contributed by atoms with Gasteiger partial charge in [-0.2, -0.15) is 0 Å². The molecule has 2 N–H and O–H groups in total. The summed E-state index contributed by atoms with van der Waals surface area (Å²) in [5, 5.41) is 0. The van der Waals surface area contributed by atoms with Gasteiger partial charge in [0.15, 0.2) is 0 Å². The molecule has 1 aliphatic heterocycles. The van der Waals surface area contributed by atoms with E-state index in [2.05, 4.69) is 17.5 Å². The molecule has 0 bridgehead atoms. The highest BCUT2D eigenvalue weighted by Gasteiger charge is 2.23. The first kappa shape index (κ1) is 15.0.